The minimum atomic E-state index is -1.60. The lowest BCUT2D eigenvalue weighted by atomic mass is 10.1. The first kappa shape index (κ1) is 27.0. The number of carbonyl (C=O) groups excluding carboxylic acids is 3. The SMILES string of the molecule is CCC(C(=O)Nc1c(C#N)cccc1C(=O)OC)[P+]1(Cc2ccccc2)CCCCC1.O=C[O-]. The summed E-state index contributed by atoms with van der Waals surface area (Å²) >= 11 is 0. The van der Waals surface area contributed by atoms with E-state index in [1.165, 1.54) is 19.1 Å². The number of anilines is 1. The molecule has 1 unspecified atom stereocenters. The van der Waals surface area contributed by atoms with Crippen LogP contribution in [-0.2, 0) is 20.5 Å². The van der Waals surface area contributed by atoms with E-state index in [0.29, 0.717) is 0 Å². The van der Waals surface area contributed by atoms with E-state index in [-0.39, 0.29) is 28.4 Å². The molecule has 1 aliphatic rings. The Kier molecular flexibility index (Phi) is 10.7. The molecule has 180 valence electrons. The summed E-state index contributed by atoms with van der Waals surface area (Å²) in [5, 5.41) is 20.8. The summed E-state index contributed by atoms with van der Waals surface area (Å²) in [6.07, 6.45) is 7.46. The monoisotopic (exact) mass is 482 g/mol. The number of methoxy groups -OCH3 is 1. The van der Waals surface area contributed by atoms with Crippen LogP contribution in [0, 0.1) is 11.3 Å². The summed E-state index contributed by atoms with van der Waals surface area (Å²) in [6.45, 7) is 1.57. The molecule has 2 aromatic carbocycles. The minimum Gasteiger partial charge on any atom is -0.554 e. The van der Waals surface area contributed by atoms with Gasteiger partial charge in [0.15, 0.2) is 0 Å². The summed E-state index contributed by atoms with van der Waals surface area (Å²) in [4.78, 5) is 34.1. The van der Waals surface area contributed by atoms with Gasteiger partial charge in [-0.05, 0) is 43.4 Å². The number of para-hydroxylation sites is 1. The second-order valence-electron chi connectivity index (χ2n) is 8.21. The first-order valence-electron chi connectivity index (χ1n) is 11.3. The number of ether oxygens (including phenoxy) is 1. The highest BCUT2D eigenvalue weighted by Crippen LogP contribution is 2.69. The number of nitriles is 1. The molecule has 0 spiro atoms. The zero-order valence-corrected chi connectivity index (χ0v) is 20.6. The Morgan fingerprint density at radius 2 is 1.79 bits per heavy atom. The molecular weight excluding hydrogens is 451 g/mol. The molecule has 1 amide bonds. The quantitative estimate of drug-likeness (QED) is 0.364. The molecule has 1 N–H and O–H groups in total. The summed E-state index contributed by atoms with van der Waals surface area (Å²) in [5.41, 5.74) is 1.92. The second kappa shape index (κ2) is 13.5. The zero-order chi connectivity index (χ0) is 25.0. The number of hydrogen-bond acceptors (Lipinski definition) is 6. The first-order valence-corrected chi connectivity index (χ1v) is 13.7. The number of carboxylic acid groups (broad SMARTS) is 1. The number of esters is 1. The van der Waals surface area contributed by atoms with Gasteiger partial charge in [-0.2, -0.15) is 5.26 Å². The lowest BCUT2D eigenvalue weighted by Crippen LogP contribution is -2.35. The Bertz CT molecular complexity index is 1010. The molecule has 34 heavy (non-hydrogen) atoms. The van der Waals surface area contributed by atoms with Gasteiger partial charge in [0.2, 0.25) is 0 Å². The molecular formula is C26H31N2O5P. The van der Waals surface area contributed by atoms with Gasteiger partial charge in [0.25, 0.3) is 5.91 Å². The Labute approximate surface area is 201 Å². The van der Waals surface area contributed by atoms with Crippen LogP contribution < -0.4 is 10.4 Å². The molecule has 1 fully saturated rings. The van der Waals surface area contributed by atoms with E-state index < -0.39 is 19.7 Å². The number of amides is 1. The fraction of sp³-hybridized carbons (Fsp3) is 0.385. The maximum absolute atomic E-state index is 13.6. The van der Waals surface area contributed by atoms with Crippen LogP contribution in [0.25, 0.3) is 0 Å². The van der Waals surface area contributed by atoms with Crippen molar-refractivity contribution >= 4 is 31.3 Å². The fourth-order valence-electron chi connectivity index (χ4n) is 4.76. The predicted molar refractivity (Wildman–Crippen MR) is 132 cm³/mol. The molecule has 0 saturated carbocycles. The third-order valence-corrected chi connectivity index (χ3v) is 11.6. The second-order valence-corrected chi connectivity index (χ2v) is 12.5. The lowest BCUT2D eigenvalue weighted by molar-refractivity contribution is -0.283. The van der Waals surface area contributed by atoms with E-state index in [1.54, 1.807) is 18.2 Å². The minimum absolute atomic E-state index is 0.0819. The molecule has 2 aromatic rings. The van der Waals surface area contributed by atoms with Gasteiger partial charge < -0.3 is 20.0 Å². The summed E-state index contributed by atoms with van der Waals surface area (Å²) in [5.74, 6) is -0.645. The van der Waals surface area contributed by atoms with Gasteiger partial charge in [-0.1, -0.05) is 43.3 Å². The first-order chi connectivity index (χ1) is 16.5. The largest absolute Gasteiger partial charge is 0.554 e. The fourth-order valence-corrected chi connectivity index (χ4v) is 10.1. The Hall–Kier alpha value is -3.23. The third-order valence-electron chi connectivity index (χ3n) is 6.24. The standard InChI is InChI=1S/C25H29N2O3P.CH2O2/c1-3-22(31(15-8-5-9-16-31)18-19-11-6-4-7-12-19)24(28)27-23-20(17-26)13-10-14-21(23)25(29)30-2;2-1-3/h4,6-7,10-14,22H,3,5,8-9,15-16,18H2,1-2H3;1H,(H,2,3). The Morgan fingerprint density at radius 3 is 2.35 bits per heavy atom. The van der Waals surface area contributed by atoms with Gasteiger partial charge in [0.05, 0.1) is 42.4 Å². The van der Waals surface area contributed by atoms with Crippen molar-refractivity contribution in [2.75, 3.05) is 24.8 Å². The van der Waals surface area contributed by atoms with Crippen LogP contribution in [0.1, 0.15) is 54.1 Å². The van der Waals surface area contributed by atoms with Gasteiger partial charge in [0, 0.05) is 13.7 Å². The molecule has 1 aliphatic heterocycles. The number of benzene rings is 2. The van der Waals surface area contributed by atoms with E-state index in [1.807, 2.05) is 6.07 Å². The highest BCUT2D eigenvalue weighted by molar-refractivity contribution is 7.76. The van der Waals surface area contributed by atoms with Crippen molar-refractivity contribution < 1.29 is 24.2 Å². The maximum Gasteiger partial charge on any atom is 0.340 e. The van der Waals surface area contributed by atoms with Gasteiger partial charge in [-0.3, -0.25) is 4.79 Å². The van der Waals surface area contributed by atoms with Crippen LogP contribution in [0.4, 0.5) is 5.69 Å². The molecule has 1 atom stereocenters. The smallest absolute Gasteiger partial charge is 0.340 e. The van der Waals surface area contributed by atoms with Crippen LogP contribution >= 0.6 is 7.26 Å². The summed E-state index contributed by atoms with van der Waals surface area (Å²) in [6, 6.07) is 17.4. The number of nitrogens with zero attached hydrogens (tertiary/aromatic N) is 1. The van der Waals surface area contributed by atoms with Gasteiger partial charge >= 0.3 is 5.97 Å². The lowest BCUT2D eigenvalue weighted by Gasteiger charge is -2.36. The van der Waals surface area contributed by atoms with Crippen LogP contribution in [0.15, 0.2) is 48.5 Å². The highest BCUT2D eigenvalue weighted by Gasteiger charge is 2.49. The normalized spacial score (nSPS) is 15.0. The third kappa shape index (κ3) is 6.65. The molecule has 3 rings (SSSR count). The Balaban J connectivity index is 0.00000129. The van der Waals surface area contributed by atoms with Crippen molar-refractivity contribution in [3.63, 3.8) is 0 Å². The van der Waals surface area contributed by atoms with Crippen LogP contribution in [0.3, 0.4) is 0 Å². The summed E-state index contributed by atoms with van der Waals surface area (Å²) < 4.78 is 4.87. The molecule has 0 aliphatic carbocycles. The van der Waals surface area contributed by atoms with E-state index in [2.05, 4.69) is 42.6 Å². The average Bonchev–Trinajstić information content (AvgIpc) is 2.85. The molecule has 1 heterocycles. The van der Waals surface area contributed by atoms with Crippen molar-refractivity contribution in [1.29, 1.82) is 5.26 Å². The van der Waals surface area contributed by atoms with Gasteiger partial charge in [-0.15, -0.1) is 0 Å². The van der Waals surface area contributed by atoms with E-state index >= 15 is 0 Å². The van der Waals surface area contributed by atoms with Crippen molar-refractivity contribution in [3.05, 3.63) is 65.2 Å². The van der Waals surface area contributed by atoms with E-state index in [4.69, 9.17) is 14.6 Å². The van der Waals surface area contributed by atoms with Crippen LogP contribution in [0.5, 0.6) is 0 Å². The maximum atomic E-state index is 13.6. The number of rotatable bonds is 7. The number of nitrogens with one attached hydrogen (secondary N) is 1. The Morgan fingerprint density at radius 1 is 1.15 bits per heavy atom. The van der Waals surface area contributed by atoms with Crippen molar-refractivity contribution in [2.45, 2.75) is 44.4 Å². The molecule has 0 aromatic heterocycles. The number of hydrogen-bond donors (Lipinski definition) is 1. The predicted octanol–water partition coefficient (Wildman–Crippen LogP) is 3.83. The van der Waals surface area contributed by atoms with Gasteiger partial charge in [-0.25, -0.2) is 4.79 Å². The molecule has 0 bridgehead atoms. The van der Waals surface area contributed by atoms with E-state index in [9.17, 15) is 14.9 Å². The van der Waals surface area contributed by atoms with Crippen molar-refractivity contribution in [1.82, 2.24) is 0 Å². The van der Waals surface area contributed by atoms with Crippen molar-refractivity contribution in [3.8, 4) is 6.07 Å². The zero-order valence-electron chi connectivity index (χ0n) is 19.7. The van der Waals surface area contributed by atoms with Crippen LogP contribution in [0.2, 0.25) is 0 Å². The van der Waals surface area contributed by atoms with E-state index in [0.717, 1.165) is 37.7 Å². The topological polar surface area (TPSA) is 119 Å². The highest BCUT2D eigenvalue weighted by atomic mass is 31.2. The number of carbonyl (C=O) groups is 3. The van der Waals surface area contributed by atoms with Crippen LogP contribution in [-0.4, -0.2) is 43.4 Å². The molecule has 8 heteroatoms. The molecule has 7 nitrogen and oxygen atoms in total. The van der Waals surface area contributed by atoms with Crippen molar-refractivity contribution in [2.24, 2.45) is 0 Å². The van der Waals surface area contributed by atoms with Gasteiger partial charge in [0.1, 0.15) is 11.7 Å². The average molecular weight is 483 g/mol. The summed E-state index contributed by atoms with van der Waals surface area (Å²) in [7, 11) is -0.300. The molecule has 1 saturated heterocycles. The molecule has 0 radical (unpaired) electrons.